The number of nitrogens with one attached hydrogen (secondary N) is 1. The summed E-state index contributed by atoms with van der Waals surface area (Å²) >= 11 is 0. The van der Waals surface area contributed by atoms with Gasteiger partial charge in [0.25, 0.3) is 0 Å². The van der Waals surface area contributed by atoms with Crippen LogP contribution in [0.3, 0.4) is 0 Å². The first-order valence-electron chi connectivity index (χ1n) is 10.5. The van der Waals surface area contributed by atoms with Crippen LogP contribution in [-0.4, -0.2) is 60.9 Å². The molecule has 1 fully saturated rings. The fourth-order valence-corrected chi connectivity index (χ4v) is 4.93. The second kappa shape index (κ2) is 9.88. The Balaban J connectivity index is 1.92. The summed E-state index contributed by atoms with van der Waals surface area (Å²) in [5, 5.41) is 2.78. The number of hydrogen-bond donors (Lipinski definition) is 1. The van der Waals surface area contributed by atoms with Crippen LogP contribution in [0, 0.1) is 5.82 Å². The molecule has 0 bridgehead atoms. The Bertz CT molecular complexity index is 1120. The molecule has 1 heterocycles. The van der Waals surface area contributed by atoms with Gasteiger partial charge in [0.2, 0.25) is 21.8 Å². The van der Waals surface area contributed by atoms with Crippen molar-refractivity contribution in [3.05, 3.63) is 65.5 Å². The number of methoxy groups -OCH3 is 1. The second-order valence-corrected chi connectivity index (χ2v) is 10.3. The molecule has 0 aromatic heterocycles. The van der Waals surface area contributed by atoms with Crippen LogP contribution in [0.5, 0.6) is 5.75 Å². The van der Waals surface area contributed by atoms with Crippen LogP contribution in [0.1, 0.15) is 25.0 Å². The zero-order valence-corrected chi connectivity index (χ0v) is 19.7. The molecule has 178 valence electrons. The van der Waals surface area contributed by atoms with Gasteiger partial charge < -0.3 is 15.0 Å². The zero-order chi connectivity index (χ0) is 24.2. The molecule has 8 nitrogen and oxygen atoms in total. The molecule has 3 rings (SSSR count). The van der Waals surface area contributed by atoms with Crippen LogP contribution in [0.2, 0.25) is 0 Å². The van der Waals surface area contributed by atoms with Crippen molar-refractivity contribution >= 4 is 21.8 Å². The fourth-order valence-electron chi connectivity index (χ4n) is 3.81. The SMILES string of the molecule is CCS(=O)(=O)N1CC(=O)N(Cc2ccccc2OC)[C@@](C)(C(=O)NCc2ccc(F)cc2)C1. The van der Waals surface area contributed by atoms with Crippen molar-refractivity contribution in [3.63, 3.8) is 0 Å². The number of hydrogen-bond acceptors (Lipinski definition) is 5. The number of carbonyl (C=O) groups excluding carboxylic acids is 2. The number of halogens is 1. The topological polar surface area (TPSA) is 96.0 Å². The molecule has 1 atom stereocenters. The number of amides is 2. The van der Waals surface area contributed by atoms with Crippen molar-refractivity contribution in [2.75, 3.05) is 26.0 Å². The normalized spacial score (nSPS) is 19.4. The summed E-state index contributed by atoms with van der Waals surface area (Å²) in [6.07, 6.45) is 0. The summed E-state index contributed by atoms with van der Waals surface area (Å²) in [5.41, 5.74) is -0.110. The molecule has 2 aromatic rings. The van der Waals surface area contributed by atoms with E-state index in [4.69, 9.17) is 4.74 Å². The van der Waals surface area contributed by atoms with Gasteiger partial charge >= 0.3 is 0 Å². The fraction of sp³-hybridized carbons (Fsp3) is 0.391. The van der Waals surface area contributed by atoms with Gasteiger partial charge in [-0.05, 0) is 37.6 Å². The maximum Gasteiger partial charge on any atom is 0.247 e. The Morgan fingerprint density at radius 2 is 1.85 bits per heavy atom. The Hall–Kier alpha value is -2.98. The Morgan fingerprint density at radius 1 is 1.18 bits per heavy atom. The van der Waals surface area contributed by atoms with E-state index < -0.39 is 33.2 Å². The molecule has 2 amide bonds. The van der Waals surface area contributed by atoms with Gasteiger partial charge in [0.1, 0.15) is 17.1 Å². The lowest BCUT2D eigenvalue weighted by Crippen LogP contribution is -2.69. The van der Waals surface area contributed by atoms with E-state index in [1.807, 2.05) is 0 Å². The average molecular weight is 478 g/mol. The quantitative estimate of drug-likeness (QED) is 0.627. The number of benzene rings is 2. The maximum absolute atomic E-state index is 13.4. The number of piperazine rings is 1. The lowest BCUT2D eigenvalue weighted by atomic mass is 9.94. The predicted molar refractivity (Wildman–Crippen MR) is 121 cm³/mol. The Labute approximate surface area is 193 Å². The van der Waals surface area contributed by atoms with Gasteiger partial charge in [-0.1, -0.05) is 30.3 Å². The number of carbonyl (C=O) groups is 2. The highest BCUT2D eigenvalue weighted by molar-refractivity contribution is 7.89. The molecule has 0 radical (unpaired) electrons. The summed E-state index contributed by atoms with van der Waals surface area (Å²) in [6.45, 7) is 2.70. The van der Waals surface area contributed by atoms with E-state index in [9.17, 15) is 22.4 Å². The number of ether oxygens (including phenoxy) is 1. The first kappa shape index (κ1) is 24.7. The largest absolute Gasteiger partial charge is 0.496 e. The van der Waals surface area contributed by atoms with Gasteiger partial charge in [-0.3, -0.25) is 9.59 Å². The van der Waals surface area contributed by atoms with Gasteiger partial charge in [-0.15, -0.1) is 0 Å². The van der Waals surface area contributed by atoms with Crippen LogP contribution in [0.15, 0.2) is 48.5 Å². The standard InChI is InChI=1S/C23H28FN3O5S/c1-4-33(30,31)26-15-21(28)27(14-18-7-5-6-8-20(18)32-3)23(2,16-26)22(29)25-13-17-9-11-19(24)12-10-17/h5-12H,4,13-16H2,1-3H3,(H,25,29)/t23-/m1/s1. The van der Waals surface area contributed by atoms with Crippen molar-refractivity contribution < 1.29 is 27.1 Å². The van der Waals surface area contributed by atoms with Gasteiger partial charge in [-0.2, -0.15) is 4.31 Å². The molecule has 2 aromatic carbocycles. The molecule has 10 heteroatoms. The Morgan fingerprint density at radius 3 is 2.48 bits per heavy atom. The third-order valence-electron chi connectivity index (χ3n) is 5.83. The zero-order valence-electron chi connectivity index (χ0n) is 18.9. The van der Waals surface area contributed by atoms with Crippen molar-refractivity contribution in [3.8, 4) is 5.75 Å². The molecule has 0 spiro atoms. The molecule has 33 heavy (non-hydrogen) atoms. The van der Waals surface area contributed by atoms with E-state index in [-0.39, 0.29) is 31.9 Å². The Kier molecular flexibility index (Phi) is 7.38. The molecule has 1 N–H and O–H groups in total. The van der Waals surface area contributed by atoms with Crippen molar-refractivity contribution in [1.82, 2.24) is 14.5 Å². The van der Waals surface area contributed by atoms with Crippen LogP contribution < -0.4 is 10.1 Å². The second-order valence-electron chi connectivity index (χ2n) is 8.04. The number of para-hydroxylation sites is 1. The molecular weight excluding hydrogens is 449 g/mol. The number of nitrogens with zero attached hydrogens (tertiary/aromatic N) is 2. The average Bonchev–Trinajstić information content (AvgIpc) is 2.80. The summed E-state index contributed by atoms with van der Waals surface area (Å²) in [6, 6.07) is 12.8. The van der Waals surface area contributed by atoms with Gasteiger partial charge in [0, 0.05) is 18.7 Å². The summed E-state index contributed by atoms with van der Waals surface area (Å²) in [5.74, 6) is -1.00. The molecule has 0 saturated carbocycles. The summed E-state index contributed by atoms with van der Waals surface area (Å²) in [7, 11) is -2.19. The number of rotatable bonds is 8. The third kappa shape index (κ3) is 5.33. The van der Waals surface area contributed by atoms with E-state index in [0.29, 0.717) is 16.9 Å². The van der Waals surface area contributed by atoms with Crippen LogP contribution in [-0.2, 0) is 32.7 Å². The first-order valence-corrected chi connectivity index (χ1v) is 12.1. The van der Waals surface area contributed by atoms with E-state index in [0.717, 1.165) is 4.31 Å². The molecule has 1 aliphatic heterocycles. The van der Waals surface area contributed by atoms with E-state index in [1.165, 1.54) is 31.1 Å². The van der Waals surface area contributed by atoms with Crippen LogP contribution in [0.25, 0.3) is 0 Å². The minimum atomic E-state index is -3.70. The molecule has 1 saturated heterocycles. The highest BCUT2D eigenvalue weighted by atomic mass is 32.2. The molecule has 1 aliphatic rings. The van der Waals surface area contributed by atoms with Gasteiger partial charge in [0.15, 0.2) is 0 Å². The highest BCUT2D eigenvalue weighted by Crippen LogP contribution is 2.29. The maximum atomic E-state index is 13.4. The highest BCUT2D eigenvalue weighted by Gasteiger charge is 2.49. The van der Waals surface area contributed by atoms with Crippen LogP contribution in [0.4, 0.5) is 4.39 Å². The third-order valence-corrected chi connectivity index (χ3v) is 7.60. The van der Waals surface area contributed by atoms with Crippen LogP contribution >= 0.6 is 0 Å². The minimum absolute atomic E-state index is 0.0727. The first-order chi connectivity index (χ1) is 15.6. The van der Waals surface area contributed by atoms with Crippen molar-refractivity contribution in [2.45, 2.75) is 32.5 Å². The van der Waals surface area contributed by atoms with Gasteiger partial charge in [-0.25, -0.2) is 12.8 Å². The smallest absolute Gasteiger partial charge is 0.247 e. The van der Waals surface area contributed by atoms with Crippen molar-refractivity contribution in [1.29, 1.82) is 0 Å². The predicted octanol–water partition coefficient (Wildman–Crippen LogP) is 1.90. The van der Waals surface area contributed by atoms with Crippen molar-refractivity contribution in [2.24, 2.45) is 0 Å². The van der Waals surface area contributed by atoms with Gasteiger partial charge in [0.05, 0.1) is 26.0 Å². The summed E-state index contributed by atoms with van der Waals surface area (Å²) in [4.78, 5) is 27.9. The lowest BCUT2D eigenvalue weighted by Gasteiger charge is -2.46. The molecule has 0 aliphatic carbocycles. The van der Waals surface area contributed by atoms with E-state index in [2.05, 4.69) is 5.32 Å². The van der Waals surface area contributed by atoms with E-state index in [1.54, 1.807) is 43.3 Å². The minimum Gasteiger partial charge on any atom is -0.496 e. The summed E-state index contributed by atoms with van der Waals surface area (Å²) < 4.78 is 44.7. The lowest BCUT2D eigenvalue weighted by molar-refractivity contribution is -0.153. The monoisotopic (exact) mass is 477 g/mol. The number of sulfonamides is 1. The van der Waals surface area contributed by atoms with E-state index >= 15 is 0 Å². The molecule has 0 unspecified atom stereocenters. The molecular formula is C23H28FN3O5S.